The van der Waals surface area contributed by atoms with Crippen molar-refractivity contribution in [2.24, 2.45) is 13.0 Å². The van der Waals surface area contributed by atoms with E-state index in [2.05, 4.69) is 5.10 Å². The molecule has 0 aliphatic carbocycles. The summed E-state index contributed by atoms with van der Waals surface area (Å²) in [6.07, 6.45) is 0. The van der Waals surface area contributed by atoms with Crippen LogP contribution in [0, 0.1) is 12.8 Å². The van der Waals surface area contributed by atoms with Crippen LogP contribution in [0.5, 0.6) is 0 Å². The molecule has 0 unspecified atom stereocenters. The number of carbonyl (C=O) groups is 1. The maximum atomic E-state index is 12.0. The van der Waals surface area contributed by atoms with E-state index in [1.165, 1.54) is 4.68 Å². The molecule has 0 amide bonds. The summed E-state index contributed by atoms with van der Waals surface area (Å²) in [5.74, 6) is -0.0253. The number of hydrogen-bond donors (Lipinski definition) is 0. The van der Waals surface area contributed by atoms with Crippen LogP contribution in [-0.4, -0.2) is 15.6 Å². The van der Waals surface area contributed by atoms with Crippen LogP contribution in [0.15, 0.2) is 23.0 Å². The quantitative estimate of drug-likeness (QED) is 0.760. The van der Waals surface area contributed by atoms with Crippen molar-refractivity contribution in [1.82, 2.24) is 9.78 Å². The van der Waals surface area contributed by atoms with Gasteiger partial charge in [0.05, 0.1) is 11.1 Å². The first-order valence-corrected chi connectivity index (χ1v) is 5.93. The molecule has 0 saturated carbocycles. The summed E-state index contributed by atoms with van der Waals surface area (Å²) in [7, 11) is 1.62. The molecule has 2 rings (SSSR count). The predicted octanol–water partition coefficient (Wildman–Crippen LogP) is 2.08. The average Bonchev–Trinajstić information content (AvgIpc) is 2.34. The van der Waals surface area contributed by atoms with Gasteiger partial charge < -0.3 is 0 Å². The van der Waals surface area contributed by atoms with Crippen LogP contribution in [0.4, 0.5) is 0 Å². The maximum absolute atomic E-state index is 12.0. The minimum absolute atomic E-state index is 0.0495. The van der Waals surface area contributed by atoms with Crippen molar-refractivity contribution in [3.63, 3.8) is 0 Å². The molecule has 1 aromatic carbocycles. The largest absolute Gasteiger partial charge is 0.294 e. The summed E-state index contributed by atoms with van der Waals surface area (Å²) < 4.78 is 1.31. The molecule has 18 heavy (non-hydrogen) atoms. The predicted molar refractivity (Wildman–Crippen MR) is 70.9 cm³/mol. The third-order valence-corrected chi connectivity index (χ3v) is 3.04. The maximum Gasteiger partial charge on any atom is 0.274 e. The van der Waals surface area contributed by atoms with Crippen molar-refractivity contribution < 1.29 is 4.79 Å². The number of fused-ring (bicyclic) bond motifs is 1. The first kappa shape index (κ1) is 12.5. The average molecular weight is 244 g/mol. The second-order valence-electron chi connectivity index (χ2n) is 4.79. The SMILES string of the molecule is Cc1nn(C)c(=O)c2cc(C(=O)C(C)C)ccc12. The van der Waals surface area contributed by atoms with Crippen LogP contribution in [0.1, 0.15) is 29.9 Å². The number of aryl methyl sites for hydroxylation is 2. The number of ketones is 1. The third kappa shape index (κ3) is 1.94. The molecule has 0 atom stereocenters. The number of Topliss-reactive ketones (excluding diaryl/α,β-unsaturated/α-hetero) is 1. The number of rotatable bonds is 2. The molecule has 4 heteroatoms. The Morgan fingerprint density at radius 3 is 2.56 bits per heavy atom. The van der Waals surface area contributed by atoms with Gasteiger partial charge in [-0.25, -0.2) is 4.68 Å². The molecular formula is C14H16N2O2. The summed E-state index contributed by atoms with van der Waals surface area (Å²) in [6, 6.07) is 5.24. The van der Waals surface area contributed by atoms with Crippen LogP contribution in [0.3, 0.4) is 0 Å². The molecular weight excluding hydrogens is 228 g/mol. The lowest BCUT2D eigenvalue weighted by Crippen LogP contribution is -2.21. The lowest BCUT2D eigenvalue weighted by Gasteiger charge is -2.08. The normalized spacial score (nSPS) is 11.2. The van der Waals surface area contributed by atoms with Crippen LogP contribution >= 0.6 is 0 Å². The molecule has 4 nitrogen and oxygen atoms in total. The molecule has 1 heterocycles. The van der Waals surface area contributed by atoms with Crippen molar-refractivity contribution in [1.29, 1.82) is 0 Å². The lowest BCUT2D eigenvalue weighted by molar-refractivity contribution is 0.0939. The van der Waals surface area contributed by atoms with E-state index in [0.717, 1.165) is 11.1 Å². The van der Waals surface area contributed by atoms with Gasteiger partial charge in [0.15, 0.2) is 5.78 Å². The van der Waals surface area contributed by atoms with E-state index in [0.29, 0.717) is 10.9 Å². The number of hydrogen-bond acceptors (Lipinski definition) is 3. The van der Waals surface area contributed by atoms with Crippen LogP contribution in [0.2, 0.25) is 0 Å². The molecule has 0 aliphatic heterocycles. The highest BCUT2D eigenvalue weighted by Gasteiger charge is 2.13. The Labute approximate surface area is 105 Å². The van der Waals surface area contributed by atoms with Gasteiger partial charge in [-0.2, -0.15) is 5.10 Å². The van der Waals surface area contributed by atoms with Crippen molar-refractivity contribution in [2.45, 2.75) is 20.8 Å². The van der Waals surface area contributed by atoms with Crippen molar-refractivity contribution in [2.75, 3.05) is 0 Å². The van der Waals surface area contributed by atoms with E-state index in [1.807, 2.05) is 20.8 Å². The number of benzene rings is 1. The molecule has 0 aliphatic rings. The van der Waals surface area contributed by atoms with Gasteiger partial charge in [0.1, 0.15) is 0 Å². The Morgan fingerprint density at radius 1 is 1.28 bits per heavy atom. The fourth-order valence-corrected chi connectivity index (χ4v) is 2.02. The first-order chi connectivity index (χ1) is 8.41. The van der Waals surface area contributed by atoms with Gasteiger partial charge in [-0.05, 0) is 13.0 Å². The number of carbonyl (C=O) groups excluding carboxylic acids is 1. The van der Waals surface area contributed by atoms with Crippen molar-refractivity contribution in [3.8, 4) is 0 Å². The van der Waals surface area contributed by atoms with E-state index in [-0.39, 0.29) is 17.3 Å². The summed E-state index contributed by atoms with van der Waals surface area (Å²) in [5.41, 5.74) is 1.20. The topological polar surface area (TPSA) is 52.0 Å². The molecule has 2 aromatic rings. The van der Waals surface area contributed by atoms with E-state index in [1.54, 1.807) is 25.2 Å². The van der Waals surface area contributed by atoms with E-state index < -0.39 is 0 Å². The van der Waals surface area contributed by atoms with Gasteiger partial charge in [0.2, 0.25) is 0 Å². The highest BCUT2D eigenvalue weighted by atomic mass is 16.1. The van der Waals surface area contributed by atoms with Gasteiger partial charge in [-0.3, -0.25) is 9.59 Å². The minimum atomic E-state index is -0.172. The Balaban J connectivity index is 2.76. The van der Waals surface area contributed by atoms with Gasteiger partial charge in [-0.15, -0.1) is 0 Å². The zero-order valence-corrected chi connectivity index (χ0v) is 11.0. The molecule has 0 fully saturated rings. The van der Waals surface area contributed by atoms with Crippen LogP contribution < -0.4 is 5.56 Å². The van der Waals surface area contributed by atoms with E-state index in [9.17, 15) is 9.59 Å². The molecule has 1 aromatic heterocycles. The second-order valence-corrected chi connectivity index (χ2v) is 4.79. The molecule has 0 spiro atoms. The summed E-state index contributed by atoms with van der Waals surface area (Å²) in [4.78, 5) is 24.0. The smallest absolute Gasteiger partial charge is 0.274 e. The first-order valence-electron chi connectivity index (χ1n) is 5.93. The lowest BCUT2D eigenvalue weighted by atomic mass is 9.98. The second kappa shape index (κ2) is 4.37. The standard InChI is InChI=1S/C14H16N2O2/c1-8(2)13(17)10-5-6-11-9(3)15-16(4)14(18)12(11)7-10/h5-8H,1-4H3. The summed E-state index contributed by atoms with van der Waals surface area (Å²) in [6.45, 7) is 5.55. The van der Waals surface area contributed by atoms with Crippen LogP contribution in [-0.2, 0) is 7.05 Å². The molecule has 0 saturated heterocycles. The number of nitrogens with zero attached hydrogens (tertiary/aromatic N) is 2. The highest BCUT2D eigenvalue weighted by molar-refractivity contribution is 6.01. The fourth-order valence-electron chi connectivity index (χ4n) is 2.02. The summed E-state index contributed by atoms with van der Waals surface area (Å²) >= 11 is 0. The number of aromatic nitrogens is 2. The zero-order chi connectivity index (χ0) is 13.4. The third-order valence-electron chi connectivity index (χ3n) is 3.04. The Bertz CT molecular complexity index is 684. The monoisotopic (exact) mass is 244 g/mol. The van der Waals surface area contributed by atoms with Crippen molar-refractivity contribution >= 4 is 16.6 Å². The Hall–Kier alpha value is -1.97. The van der Waals surface area contributed by atoms with Gasteiger partial charge in [0.25, 0.3) is 5.56 Å². The molecule has 94 valence electrons. The molecule has 0 radical (unpaired) electrons. The molecule has 0 N–H and O–H groups in total. The summed E-state index contributed by atoms with van der Waals surface area (Å²) in [5, 5.41) is 5.49. The van der Waals surface area contributed by atoms with E-state index >= 15 is 0 Å². The fraction of sp³-hybridized carbons (Fsp3) is 0.357. The van der Waals surface area contributed by atoms with Crippen molar-refractivity contribution in [3.05, 3.63) is 39.8 Å². The zero-order valence-electron chi connectivity index (χ0n) is 11.0. The van der Waals surface area contributed by atoms with Gasteiger partial charge >= 0.3 is 0 Å². The Morgan fingerprint density at radius 2 is 1.94 bits per heavy atom. The minimum Gasteiger partial charge on any atom is -0.294 e. The highest BCUT2D eigenvalue weighted by Crippen LogP contribution is 2.17. The van der Waals surface area contributed by atoms with Gasteiger partial charge in [0, 0.05) is 23.9 Å². The van der Waals surface area contributed by atoms with E-state index in [4.69, 9.17) is 0 Å². The molecule has 0 bridgehead atoms. The Kier molecular flexibility index (Phi) is 3.03. The van der Waals surface area contributed by atoms with Gasteiger partial charge in [-0.1, -0.05) is 26.0 Å². The van der Waals surface area contributed by atoms with Crippen LogP contribution in [0.25, 0.3) is 10.8 Å².